The molecule has 0 amide bonds. The van der Waals surface area contributed by atoms with Gasteiger partial charge in [0.25, 0.3) is 5.82 Å². The number of hydrogen-bond acceptors (Lipinski definition) is 5. The number of esters is 1. The molecule has 0 aliphatic carbocycles. The van der Waals surface area contributed by atoms with E-state index in [0.29, 0.717) is 11.4 Å². The topological polar surface area (TPSA) is 69.9 Å². The van der Waals surface area contributed by atoms with Gasteiger partial charge in [0.2, 0.25) is 0 Å². The van der Waals surface area contributed by atoms with Gasteiger partial charge in [-0.15, -0.1) is 5.10 Å². The lowest BCUT2D eigenvalue weighted by Gasteiger charge is -1.98. The van der Waals surface area contributed by atoms with Crippen molar-refractivity contribution in [1.29, 1.82) is 0 Å². The minimum absolute atomic E-state index is 0.0568. The molecule has 0 N–H and O–H groups in total. The predicted octanol–water partition coefficient (Wildman–Crippen LogP) is 1.19. The van der Waals surface area contributed by atoms with Crippen LogP contribution in [0.5, 0.6) is 0 Å². The Morgan fingerprint density at radius 1 is 1.50 bits per heavy atom. The summed E-state index contributed by atoms with van der Waals surface area (Å²) < 4.78 is 19.2. The first kappa shape index (κ1) is 12.2. The Morgan fingerprint density at radius 2 is 2.28 bits per heavy atom. The second kappa shape index (κ2) is 4.91. The average molecular weight is 250 g/mol. The number of hydrogen-bond donors (Lipinski definition) is 0. The minimum atomic E-state index is -0.608. The zero-order chi connectivity index (χ0) is 13.1. The summed E-state index contributed by atoms with van der Waals surface area (Å²) >= 11 is 0. The fraction of sp³-hybridized carbons (Fsp3) is 0.273. The van der Waals surface area contributed by atoms with Gasteiger partial charge in [0, 0.05) is 18.8 Å². The van der Waals surface area contributed by atoms with Crippen LogP contribution in [0.1, 0.15) is 17.5 Å². The van der Waals surface area contributed by atoms with E-state index in [4.69, 9.17) is 4.74 Å². The van der Waals surface area contributed by atoms with Crippen LogP contribution in [0.3, 0.4) is 0 Å². The number of pyridine rings is 1. The molecule has 7 heteroatoms. The normalized spacial score (nSPS) is 10.4. The van der Waals surface area contributed by atoms with Gasteiger partial charge in [-0.05, 0) is 13.0 Å². The molecule has 2 aromatic rings. The standard InChI is InChI=1S/C11H11FN4O2/c1-3-18-11(17)9-14-10(16(2)15-9)7-4-8(12)6-13-5-7/h4-6H,3H2,1-2H3. The number of aryl methyl sites for hydroxylation is 1. The number of carbonyl (C=O) groups is 1. The molecule has 0 aliphatic heterocycles. The minimum Gasteiger partial charge on any atom is -0.460 e. The maximum absolute atomic E-state index is 13.1. The van der Waals surface area contributed by atoms with Crippen LogP contribution in [0.25, 0.3) is 11.4 Å². The second-order valence-corrected chi connectivity index (χ2v) is 3.49. The number of carbonyl (C=O) groups excluding carboxylic acids is 1. The van der Waals surface area contributed by atoms with Crippen LogP contribution < -0.4 is 0 Å². The summed E-state index contributed by atoms with van der Waals surface area (Å²) in [6.45, 7) is 1.94. The third-order valence-corrected chi connectivity index (χ3v) is 2.18. The number of aromatic nitrogens is 4. The Labute approximate surface area is 102 Å². The van der Waals surface area contributed by atoms with Gasteiger partial charge in [0.05, 0.1) is 12.8 Å². The van der Waals surface area contributed by atoms with Crippen molar-refractivity contribution in [2.45, 2.75) is 6.92 Å². The van der Waals surface area contributed by atoms with E-state index in [1.807, 2.05) is 0 Å². The van der Waals surface area contributed by atoms with Gasteiger partial charge in [-0.3, -0.25) is 4.98 Å². The van der Waals surface area contributed by atoms with Gasteiger partial charge >= 0.3 is 5.97 Å². The van der Waals surface area contributed by atoms with Gasteiger partial charge in [-0.25, -0.2) is 18.9 Å². The molecule has 0 bridgehead atoms. The molecular weight excluding hydrogens is 239 g/mol. The lowest BCUT2D eigenvalue weighted by Crippen LogP contribution is -2.07. The quantitative estimate of drug-likeness (QED) is 0.765. The summed E-state index contributed by atoms with van der Waals surface area (Å²) in [5.41, 5.74) is 0.445. The fourth-order valence-corrected chi connectivity index (χ4v) is 1.45. The van der Waals surface area contributed by atoms with Gasteiger partial charge in [-0.2, -0.15) is 0 Å². The van der Waals surface area contributed by atoms with E-state index in [9.17, 15) is 9.18 Å². The average Bonchev–Trinajstić information content (AvgIpc) is 2.72. The van der Waals surface area contributed by atoms with Crippen molar-refractivity contribution >= 4 is 5.97 Å². The Hall–Kier alpha value is -2.31. The molecule has 0 fully saturated rings. The van der Waals surface area contributed by atoms with Gasteiger partial charge in [0.1, 0.15) is 5.82 Å². The van der Waals surface area contributed by atoms with Gasteiger partial charge in [0.15, 0.2) is 5.82 Å². The van der Waals surface area contributed by atoms with Crippen LogP contribution >= 0.6 is 0 Å². The molecule has 0 aromatic carbocycles. The highest BCUT2D eigenvalue weighted by molar-refractivity contribution is 5.85. The maximum Gasteiger partial charge on any atom is 0.378 e. The smallest absolute Gasteiger partial charge is 0.378 e. The Bertz CT molecular complexity index is 582. The molecule has 2 rings (SSSR count). The van der Waals surface area contributed by atoms with Crippen LogP contribution in [-0.2, 0) is 11.8 Å². The number of rotatable bonds is 3. The third-order valence-electron chi connectivity index (χ3n) is 2.18. The summed E-state index contributed by atoms with van der Waals surface area (Å²) in [7, 11) is 1.61. The largest absolute Gasteiger partial charge is 0.460 e. The van der Waals surface area contributed by atoms with Gasteiger partial charge in [-0.1, -0.05) is 0 Å². The molecule has 0 atom stereocenters. The Balaban J connectivity index is 2.38. The molecule has 6 nitrogen and oxygen atoms in total. The van der Waals surface area contributed by atoms with Crippen molar-refractivity contribution in [2.75, 3.05) is 6.61 Å². The maximum atomic E-state index is 13.1. The molecule has 0 saturated carbocycles. The lowest BCUT2D eigenvalue weighted by molar-refractivity contribution is 0.0512. The van der Waals surface area contributed by atoms with E-state index >= 15 is 0 Å². The van der Waals surface area contributed by atoms with Crippen molar-refractivity contribution in [1.82, 2.24) is 19.7 Å². The van der Waals surface area contributed by atoms with Gasteiger partial charge < -0.3 is 4.74 Å². The molecule has 18 heavy (non-hydrogen) atoms. The molecule has 0 radical (unpaired) electrons. The van der Waals surface area contributed by atoms with Crippen LogP contribution in [0.4, 0.5) is 4.39 Å². The highest BCUT2D eigenvalue weighted by atomic mass is 19.1. The van der Waals surface area contributed by atoms with E-state index < -0.39 is 11.8 Å². The molecule has 0 saturated heterocycles. The van der Waals surface area contributed by atoms with Crippen molar-refractivity contribution in [3.05, 3.63) is 30.1 Å². The van der Waals surface area contributed by atoms with Crippen molar-refractivity contribution in [3.63, 3.8) is 0 Å². The van der Waals surface area contributed by atoms with Crippen LogP contribution in [0.2, 0.25) is 0 Å². The number of nitrogens with zero attached hydrogens (tertiary/aromatic N) is 4. The summed E-state index contributed by atoms with van der Waals surface area (Å²) in [6, 6.07) is 1.27. The zero-order valence-electron chi connectivity index (χ0n) is 9.92. The van der Waals surface area contributed by atoms with E-state index in [-0.39, 0.29) is 12.4 Å². The van der Waals surface area contributed by atoms with Crippen LogP contribution in [0.15, 0.2) is 18.5 Å². The van der Waals surface area contributed by atoms with Crippen molar-refractivity contribution < 1.29 is 13.9 Å². The monoisotopic (exact) mass is 250 g/mol. The molecule has 0 unspecified atom stereocenters. The number of ether oxygens (including phenoxy) is 1. The molecule has 2 heterocycles. The van der Waals surface area contributed by atoms with E-state index in [1.165, 1.54) is 16.9 Å². The number of halogens is 1. The van der Waals surface area contributed by atoms with Crippen molar-refractivity contribution in [2.24, 2.45) is 7.05 Å². The summed E-state index contributed by atoms with van der Waals surface area (Å²) in [5, 5.41) is 3.92. The molecule has 2 aromatic heterocycles. The van der Waals surface area contributed by atoms with Crippen LogP contribution in [0, 0.1) is 5.82 Å². The Kier molecular flexibility index (Phi) is 3.31. The SMILES string of the molecule is CCOC(=O)c1nc(-c2cncc(F)c2)n(C)n1. The predicted molar refractivity (Wildman–Crippen MR) is 60.1 cm³/mol. The highest BCUT2D eigenvalue weighted by Crippen LogP contribution is 2.16. The summed E-state index contributed by atoms with van der Waals surface area (Å²) in [4.78, 5) is 19.2. The van der Waals surface area contributed by atoms with E-state index in [0.717, 1.165) is 6.20 Å². The highest BCUT2D eigenvalue weighted by Gasteiger charge is 2.17. The fourth-order valence-electron chi connectivity index (χ4n) is 1.45. The lowest BCUT2D eigenvalue weighted by atomic mass is 10.2. The molecule has 94 valence electrons. The first-order valence-corrected chi connectivity index (χ1v) is 5.31. The van der Waals surface area contributed by atoms with E-state index in [1.54, 1.807) is 14.0 Å². The summed E-state index contributed by atoms with van der Waals surface area (Å²) in [5.74, 6) is -0.791. The van der Waals surface area contributed by atoms with Crippen molar-refractivity contribution in [3.8, 4) is 11.4 Å². The first-order chi connectivity index (χ1) is 8.61. The molecule has 0 aliphatic rings. The second-order valence-electron chi connectivity index (χ2n) is 3.49. The van der Waals surface area contributed by atoms with E-state index in [2.05, 4.69) is 15.1 Å². The molecule has 0 spiro atoms. The third kappa shape index (κ3) is 2.34. The summed E-state index contributed by atoms with van der Waals surface area (Å²) in [6.07, 6.45) is 2.54. The molecular formula is C11H11FN4O2. The van der Waals surface area contributed by atoms with Crippen LogP contribution in [-0.4, -0.2) is 32.3 Å². The Morgan fingerprint density at radius 3 is 2.94 bits per heavy atom. The zero-order valence-corrected chi connectivity index (χ0v) is 9.92. The first-order valence-electron chi connectivity index (χ1n) is 5.31.